The molecule has 0 fully saturated rings. The molecule has 0 radical (unpaired) electrons. The number of nitrogens with one attached hydrogen (secondary N) is 1. The minimum atomic E-state index is -4.49. The quantitative estimate of drug-likeness (QED) is 0.409. The first kappa shape index (κ1) is 37.2. The Morgan fingerprint density at radius 3 is 2.61 bits per heavy atom. The van der Waals surface area contributed by atoms with Crippen molar-refractivity contribution in [2.75, 3.05) is 38.7 Å². The van der Waals surface area contributed by atoms with Crippen LogP contribution in [0.5, 0.6) is 5.75 Å². The van der Waals surface area contributed by atoms with Gasteiger partial charge in [0.15, 0.2) is 5.03 Å². The minimum Gasteiger partial charge on any atom is -0.490 e. The van der Waals surface area contributed by atoms with Crippen molar-refractivity contribution in [2.45, 2.75) is 82.3 Å². The van der Waals surface area contributed by atoms with Gasteiger partial charge in [-0.3, -0.25) is 9.59 Å². The van der Waals surface area contributed by atoms with E-state index in [1.54, 1.807) is 14.0 Å². The summed E-state index contributed by atoms with van der Waals surface area (Å²) in [6.45, 7) is 5.28. The number of amides is 2. The largest absolute Gasteiger partial charge is 0.490 e. The predicted molar refractivity (Wildman–Crippen MR) is 164 cm³/mol. The molecule has 2 amide bonds. The number of halogens is 3. The smallest absolute Gasteiger partial charge is 0.389 e. The van der Waals surface area contributed by atoms with Crippen molar-refractivity contribution in [3.63, 3.8) is 0 Å². The van der Waals surface area contributed by atoms with Crippen LogP contribution in [0.1, 0.15) is 63.2 Å². The molecule has 2 N–H and O–H groups in total. The molecular formula is C30H44F3N5O7S. The average Bonchev–Trinajstić information content (AvgIpc) is 3.44. The number of sulfonamides is 1. The highest BCUT2D eigenvalue weighted by molar-refractivity contribution is 7.89. The second-order valence-electron chi connectivity index (χ2n) is 11.8. The Bertz CT molecular complexity index is 1440. The normalized spacial score (nSPS) is 21.3. The Balaban J connectivity index is 1.94. The number of ether oxygens (including phenoxy) is 2. The van der Waals surface area contributed by atoms with Gasteiger partial charge in [0.25, 0.3) is 15.9 Å². The van der Waals surface area contributed by atoms with Crippen LogP contribution >= 0.6 is 0 Å². The lowest BCUT2D eigenvalue weighted by molar-refractivity contribution is -0.142. The maximum absolute atomic E-state index is 14.1. The Kier molecular flexibility index (Phi) is 13.0. The number of hydrogen-bond acceptors (Lipinski definition) is 8. The number of likely N-dealkylation sites (N-methyl/N-ethyl adjacent to an activating group) is 1. The van der Waals surface area contributed by atoms with Gasteiger partial charge >= 0.3 is 6.18 Å². The summed E-state index contributed by atoms with van der Waals surface area (Å²) in [6, 6.07) is 3.61. The van der Waals surface area contributed by atoms with Gasteiger partial charge in [-0.25, -0.2) is 13.4 Å². The number of carbonyl (C=O) groups is 2. The molecule has 3 rings (SSSR count). The van der Waals surface area contributed by atoms with E-state index in [4.69, 9.17) is 9.47 Å². The van der Waals surface area contributed by atoms with E-state index in [1.807, 2.05) is 13.8 Å². The van der Waals surface area contributed by atoms with E-state index in [0.29, 0.717) is 25.9 Å². The van der Waals surface area contributed by atoms with E-state index in [-0.39, 0.29) is 41.2 Å². The molecule has 46 heavy (non-hydrogen) atoms. The summed E-state index contributed by atoms with van der Waals surface area (Å²) < 4.78 is 79.4. The molecule has 2 heterocycles. The molecule has 0 aliphatic carbocycles. The number of imidazole rings is 1. The van der Waals surface area contributed by atoms with Crippen molar-refractivity contribution in [3.05, 3.63) is 36.3 Å². The molecule has 258 valence electrons. The van der Waals surface area contributed by atoms with E-state index in [9.17, 15) is 36.3 Å². The van der Waals surface area contributed by atoms with Crippen LogP contribution in [0.3, 0.4) is 0 Å². The Hall–Kier alpha value is -3.21. The number of aryl methyl sites for hydroxylation is 1. The number of hydrogen-bond donors (Lipinski definition) is 2. The first-order valence-electron chi connectivity index (χ1n) is 15.2. The number of alkyl halides is 3. The zero-order chi connectivity index (χ0) is 34.2. The first-order chi connectivity index (χ1) is 21.5. The topological polar surface area (TPSA) is 143 Å². The van der Waals surface area contributed by atoms with E-state index in [0.717, 1.165) is 0 Å². The van der Waals surface area contributed by atoms with E-state index >= 15 is 0 Å². The summed E-state index contributed by atoms with van der Waals surface area (Å²) in [5, 5.41) is 12.4. The van der Waals surface area contributed by atoms with Gasteiger partial charge < -0.3 is 29.4 Å². The molecule has 12 nitrogen and oxygen atoms in total. The minimum absolute atomic E-state index is 0.0280. The number of benzene rings is 1. The highest BCUT2D eigenvalue weighted by Gasteiger charge is 2.33. The van der Waals surface area contributed by atoms with Crippen LogP contribution in [-0.4, -0.2) is 102 Å². The number of anilines is 1. The second kappa shape index (κ2) is 16.1. The molecule has 1 aliphatic heterocycles. The third-order valence-electron chi connectivity index (χ3n) is 7.76. The highest BCUT2D eigenvalue weighted by Crippen LogP contribution is 2.29. The lowest BCUT2D eigenvalue weighted by Crippen LogP contribution is -2.48. The van der Waals surface area contributed by atoms with Crippen molar-refractivity contribution >= 4 is 27.5 Å². The number of fused-ring (bicyclic) bond motifs is 1. The van der Waals surface area contributed by atoms with E-state index in [2.05, 4.69) is 10.3 Å². The van der Waals surface area contributed by atoms with Crippen LogP contribution in [0.15, 0.2) is 35.7 Å². The van der Waals surface area contributed by atoms with Gasteiger partial charge in [0.1, 0.15) is 5.75 Å². The van der Waals surface area contributed by atoms with Crippen molar-refractivity contribution in [3.8, 4) is 5.75 Å². The van der Waals surface area contributed by atoms with Gasteiger partial charge in [-0.15, -0.1) is 0 Å². The zero-order valence-electron chi connectivity index (χ0n) is 26.8. The molecule has 1 aliphatic rings. The SMILES string of the molecule is C[C@H](CO)N1C[C@H](C)[C@@H](CN(C)S(=O)(=O)c2cn(C)cn2)OCCCC[C@H](C)Oc2ccc(NC(=O)CCC(F)(F)F)cc2C1=O. The average molecular weight is 676 g/mol. The molecular weight excluding hydrogens is 631 g/mol. The Morgan fingerprint density at radius 2 is 1.98 bits per heavy atom. The van der Waals surface area contributed by atoms with Gasteiger partial charge in [0.05, 0.1) is 43.2 Å². The van der Waals surface area contributed by atoms with Crippen molar-refractivity contribution < 1.29 is 45.8 Å². The molecule has 2 aromatic rings. The third kappa shape index (κ3) is 10.4. The maximum Gasteiger partial charge on any atom is 0.389 e. The van der Waals surface area contributed by atoms with Crippen LogP contribution < -0.4 is 10.1 Å². The number of carbonyl (C=O) groups excluding carboxylic acids is 2. The molecule has 1 aromatic carbocycles. The van der Waals surface area contributed by atoms with Gasteiger partial charge in [-0.1, -0.05) is 6.92 Å². The van der Waals surface area contributed by atoms with Gasteiger partial charge in [0.2, 0.25) is 5.91 Å². The molecule has 0 unspecified atom stereocenters. The molecule has 0 spiro atoms. The molecule has 0 saturated heterocycles. The lowest BCUT2D eigenvalue weighted by Gasteiger charge is -2.35. The second-order valence-corrected chi connectivity index (χ2v) is 13.8. The number of aliphatic hydroxyl groups is 1. The molecule has 16 heteroatoms. The number of rotatable bonds is 9. The molecule has 0 bridgehead atoms. The van der Waals surface area contributed by atoms with Crippen LogP contribution in [0.2, 0.25) is 0 Å². The zero-order valence-corrected chi connectivity index (χ0v) is 27.6. The summed E-state index contributed by atoms with van der Waals surface area (Å²) in [4.78, 5) is 31.8. The molecule has 4 atom stereocenters. The van der Waals surface area contributed by atoms with Gasteiger partial charge in [-0.05, 0) is 51.3 Å². The summed E-state index contributed by atoms with van der Waals surface area (Å²) in [5.74, 6) is -1.61. The first-order valence-corrected chi connectivity index (χ1v) is 16.6. The number of nitrogens with zero attached hydrogens (tertiary/aromatic N) is 4. The fourth-order valence-corrected chi connectivity index (χ4v) is 6.12. The molecule has 1 aromatic heterocycles. The monoisotopic (exact) mass is 675 g/mol. The summed E-state index contributed by atoms with van der Waals surface area (Å²) >= 11 is 0. The van der Waals surface area contributed by atoms with Crippen LogP contribution in [-0.2, 0) is 26.6 Å². The van der Waals surface area contributed by atoms with Crippen LogP contribution in [0.25, 0.3) is 0 Å². The van der Waals surface area contributed by atoms with Crippen molar-refractivity contribution in [1.82, 2.24) is 18.8 Å². The predicted octanol–water partition coefficient (Wildman–Crippen LogP) is 3.82. The van der Waals surface area contributed by atoms with Crippen molar-refractivity contribution in [1.29, 1.82) is 0 Å². The summed E-state index contributed by atoms with van der Waals surface area (Å²) in [7, 11) is -0.835. The fourth-order valence-electron chi connectivity index (χ4n) is 4.97. The van der Waals surface area contributed by atoms with Crippen LogP contribution in [0.4, 0.5) is 18.9 Å². The Morgan fingerprint density at radius 1 is 1.26 bits per heavy atom. The fraction of sp³-hybridized carbons (Fsp3) is 0.633. The summed E-state index contributed by atoms with van der Waals surface area (Å²) in [6.07, 6.45) is -2.74. The van der Waals surface area contributed by atoms with Gasteiger partial charge in [-0.2, -0.15) is 17.5 Å². The summed E-state index contributed by atoms with van der Waals surface area (Å²) in [5.41, 5.74) is 0.168. The lowest BCUT2D eigenvalue weighted by atomic mass is 10.0. The van der Waals surface area contributed by atoms with E-state index < -0.39 is 65.5 Å². The number of aliphatic hydroxyl groups excluding tert-OH is 1. The van der Waals surface area contributed by atoms with Crippen LogP contribution in [0, 0.1) is 5.92 Å². The van der Waals surface area contributed by atoms with E-state index in [1.165, 1.54) is 51.5 Å². The molecule has 0 saturated carbocycles. The number of aromatic nitrogens is 2. The third-order valence-corrected chi connectivity index (χ3v) is 9.47. The Labute approximate surface area is 267 Å². The van der Waals surface area contributed by atoms with Crippen molar-refractivity contribution in [2.24, 2.45) is 13.0 Å². The highest BCUT2D eigenvalue weighted by atomic mass is 32.2. The standard InChI is InChI=1S/C30H44F3N5O7S/c1-20-15-38(21(2)18-39)29(41)24-14-23(35-27(40)11-12-30(31,32)33)9-10-25(24)45-22(3)8-6-7-13-44-26(20)16-37(5)46(42,43)28-17-36(4)19-34-28/h9-10,14,17,19-22,26,39H,6-8,11-13,15-16,18H2,1-5H3,(H,35,40)/t20-,21+,22-,26+/m0/s1. The maximum atomic E-state index is 14.1. The van der Waals surface area contributed by atoms with Gasteiger partial charge in [0, 0.05) is 58.0 Å².